The SMILES string of the molecule is COC1(c2cc3c(N[C@H](C)c4cc(N)cc(C(F)(F)F)c4)nc(C)nc3n3ccnc23)CCN(C(C)=O)CC1. The fourth-order valence-electron chi connectivity index (χ4n) is 5.36. The van der Waals surface area contributed by atoms with Gasteiger partial charge >= 0.3 is 6.18 Å². The maximum atomic E-state index is 13.4. The van der Waals surface area contributed by atoms with Gasteiger partial charge in [-0.25, -0.2) is 15.0 Å². The molecule has 9 nitrogen and oxygen atoms in total. The molecule has 206 valence electrons. The van der Waals surface area contributed by atoms with Gasteiger partial charge in [0.25, 0.3) is 0 Å². The fourth-order valence-corrected chi connectivity index (χ4v) is 5.36. The summed E-state index contributed by atoms with van der Waals surface area (Å²) in [5, 5.41) is 3.95. The number of likely N-dealkylation sites (tertiary alicyclic amines) is 1. The van der Waals surface area contributed by atoms with E-state index in [0.29, 0.717) is 59.8 Å². The third kappa shape index (κ3) is 4.84. The number of amides is 1. The minimum Gasteiger partial charge on any atom is -0.399 e. The van der Waals surface area contributed by atoms with Crippen molar-refractivity contribution in [2.24, 2.45) is 0 Å². The molecule has 39 heavy (non-hydrogen) atoms. The monoisotopic (exact) mass is 541 g/mol. The van der Waals surface area contributed by atoms with Crippen LogP contribution in [0.25, 0.3) is 16.7 Å². The zero-order chi connectivity index (χ0) is 28.1. The van der Waals surface area contributed by atoms with Gasteiger partial charge in [0, 0.05) is 50.8 Å². The van der Waals surface area contributed by atoms with Gasteiger partial charge in [-0.1, -0.05) is 0 Å². The zero-order valence-electron chi connectivity index (χ0n) is 22.1. The number of benzene rings is 1. The maximum absolute atomic E-state index is 13.4. The number of aromatic nitrogens is 4. The van der Waals surface area contributed by atoms with Crippen LogP contribution in [0.1, 0.15) is 55.2 Å². The van der Waals surface area contributed by atoms with Crippen LogP contribution in [-0.4, -0.2) is 50.4 Å². The van der Waals surface area contributed by atoms with E-state index in [0.717, 1.165) is 17.7 Å². The molecule has 0 bridgehead atoms. The molecule has 4 heterocycles. The summed E-state index contributed by atoms with van der Waals surface area (Å²) in [6, 6.07) is 4.92. The molecule has 1 aromatic carbocycles. The number of ether oxygens (including phenoxy) is 1. The quantitative estimate of drug-likeness (QED) is 0.348. The van der Waals surface area contributed by atoms with Crippen molar-refractivity contribution in [3.63, 3.8) is 0 Å². The molecular formula is C27H30F3N7O2. The molecule has 0 saturated carbocycles. The van der Waals surface area contributed by atoms with Crippen molar-refractivity contribution < 1.29 is 22.7 Å². The lowest BCUT2D eigenvalue weighted by Gasteiger charge is -2.41. The number of rotatable bonds is 5. The van der Waals surface area contributed by atoms with Crippen molar-refractivity contribution in [2.45, 2.75) is 51.4 Å². The number of alkyl halides is 3. The highest BCUT2D eigenvalue weighted by Gasteiger charge is 2.39. The van der Waals surface area contributed by atoms with Crippen molar-refractivity contribution in [3.05, 3.63) is 59.2 Å². The molecule has 1 atom stereocenters. The van der Waals surface area contributed by atoms with Crippen LogP contribution in [0.15, 0.2) is 36.7 Å². The number of nitrogens with zero attached hydrogens (tertiary/aromatic N) is 5. The molecule has 1 aliphatic heterocycles. The highest BCUT2D eigenvalue weighted by Crippen LogP contribution is 2.41. The number of nitrogens with one attached hydrogen (secondary N) is 1. The summed E-state index contributed by atoms with van der Waals surface area (Å²) >= 11 is 0. The summed E-state index contributed by atoms with van der Waals surface area (Å²) in [7, 11) is 1.65. The van der Waals surface area contributed by atoms with E-state index in [1.165, 1.54) is 6.07 Å². The molecule has 0 radical (unpaired) electrons. The molecule has 1 amide bonds. The van der Waals surface area contributed by atoms with Crippen LogP contribution < -0.4 is 11.1 Å². The number of fused-ring (bicyclic) bond motifs is 3. The molecule has 0 spiro atoms. The first kappa shape index (κ1) is 26.7. The number of piperidine rings is 1. The van der Waals surface area contributed by atoms with Crippen molar-refractivity contribution >= 4 is 34.1 Å². The van der Waals surface area contributed by atoms with Crippen LogP contribution in [0.3, 0.4) is 0 Å². The van der Waals surface area contributed by atoms with E-state index >= 15 is 0 Å². The first-order valence-electron chi connectivity index (χ1n) is 12.6. The number of methoxy groups -OCH3 is 1. The number of nitrogens with two attached hydrogens (primary N) is 1. The Morgan fingerprint density at radius 1 is 1.15 bits per heavy atom. The van der Waals surface area contributed by atoms with Gasteiger partial charge in [0.2, 0.25) is 5.91 Å². The van der Waals surface area contributed by atoms with E-state index in [9.17, 15) is 18.0 Å². The number of hydrogen-bond donors (Lipinski definition) is 2. The van der Waals surface area contributed by atoms with Crippen LogP contribution in [0, 0.1) is 6.92 Å². The lowest BCUT2D eigenvalue weighted by Crippen LogP contribution is -2.45. The summed E-state index contributed by atoms with van der Waals surface area (Å²) < 4.78 is 48.3. The molecule has 12 heteroatoms. The van der Waals surface area contributed by atoms with Gasteiger partial charge in [0.15, 0.2) is 5.65 Å². The van der Waals surface area contributed by atoms with E-state index < -0.39 is 23.4 Å². The maximum Gasteiger partial charge on any atom is 0.416 e. The van der Waals surface area contributed by atoms with Gasteiger partial charge < -0.3 is 20.7 Å². The van der Waals surface area contributed by atoms with Gasteiger partial charge in [-0.05, 0) is 56.5 Å². The van der Waals surface area contributed by atoms with E-state index in [4.69, 9.17) is 10.5 Å². The van der Waals surface area contributed by atoms with Gasteiger partial charge in [-0.15, -0.1) is 0 Å². The molecule has 3 N–H and O–H groups in total. The van der Waals surface area contributed by atoms with Crippen LogP contribution in [0.5, 0.6) is 0 Å². The molecular weight excluding hydrogens is 511 g/mol. The Kier molecular flexibility index (Phi) is 6.61. The van der Waals surface area contributed by atoms with Crippen molar-refractivity contribution in [1.82, 2.24) is 24.3 Å². The van der Waals surface area contributed by atoms with E-state index in [-0.39, 0.29) is 11.6 Å². The second kappa shape index (κ2) is 9.67. The lowest BCUT2D eigenvalue weighted by molar-refractivity contribution is -0.137. The number of imidazole rings is 1. The number of nitrogen functional groups attached to an aromatic ring is 1. The number of carbonyl (C=O) groups is 1. The lowest BCUT2D eigenvalue weighted by atomic mass is 9.84. The minimum absolute atomic E-state index is 0.0174. The van der Waals surface area contributed by atoms with E-state index in [1.807, 2.05) is 16.7 Å². The number of carbonyl (C=O) groups excluding carboxylic acids is 1. The molecule has 1 saturated heterocycles. The Morgan fingerprint density at radius 2 is 1.87 bits per heavy atom. The summed E-state index contributed by atoms with van der Waals surface area (Å²) in [6.45, 7) is 6.14. The van der Waals surface area contributed by atoms with Crippen molar-refractivity contribution in [1.29, 1.82) is 0 Å². The minimum atomic E-state index is -4.52. The summed E-state index contributed by atoms with van der Waals surface area (Å²) in [5.74, 6) is 0.966. The average Bonchev–Trinajstić information content (AvgIpc) is 3.38. The molecule has 0 aliphatic carbocycles. The zero-order valence-corrected chi connectivity index (χ0v) is 22.1. The summed E-state index contributed by atoms with van der Waals surface area (Å²) in [5.41, 5.74) is 6.82. The standard InChI is InChI=1S/C27H30F3N7O2/c1-15(18-11-19(27(28,29)30)13-20(31)12-18)33-23-21-14-22(26(39-4)5-8-36(9-6-26)17(3)38)25-32-7-10-37(25)24(21)35-16(2)34-23/h7,10-15H,5-6,8-9,31H2,1-4H3,(H,33,34,35)/t15-/m1/s1. The van der Waals surface area contributed by atoms with E-state index in [2.05, 4.69) is 20.3 Å². The van der Waals surface area contributed by atoms with Crippen molar-refractivity contribution in [3.8, 4) is 0 Å². The number of aryl methyl sites for hydroxylation is 1. The van der Waals surface area contributed by atoms with Gasteiger partial charge in [-0.3, -0.25) is 9.20 Å². The summed E-state index contributed by atoms with van der Waals surface area (Å²) in [6.07, 6.45) is 0.128. The molecule has 0 unspecified atom stereocenters. The Bertz CT molecular complexity index is 1560. The van der Waals surface area contributed by atoms with Crippen LogP contribution in [0.4, 0.5) is 24.7 Å². The molecule has 3 aromatic heterocycles. The number of hydrogen-bond acceptors (Lipinski definition) is 7. The molecule has 4 aromatic rings. The summed E-state index contributed by atoms with van der Waals surface area (Å²) in [4.78, 5) is 27.6. The number of halogens is 3. The Labute approximate surface area is 223 Å². The predicted octanol–water partition coefficient (Wildman–Crippen LogP) is 4.84. The highest BCUT2D eigenvalue weighted by molar-refractivity contribution is 5.90. The van der Waals surface area contributed by atoms with Gasteiger partial charge in [0.1, 0.15) is 17.3 Å². The van der Waals surface area contributed by atoms with Gasteiger partial charge in [0.05, 0.1) is 22.6 Å². The number of pyridine rings is 1. The first-order chi connectivity index (χ1) is 18.4. The van der Waals surface area contributed by atoms with Gasteiger partial charge in [-0.2, -0.15) is 13.2 Å². The van der Waals surface area contributed by atoms with Crippen LogP contribution in [-0.2, 0) is 21.3 Å². The predicted molar refractivity (Wildman–Crippen MR) is 141 cm³/mol. The fraction of sp³-hybridized carbons (Fsp3) is 0.407. The third-order valence-electron chi connectivity index (χ3n) is 7.49. The van der Waals surface area contributed by atoms with Crippen LogP contribution in [0.2, 0.25) is 0 Å². The number of anilines is 2. The van der Waals surface area contributed by atoms with Crippen LogP contribution >= 0.6 is 0 Å². The smallest absolute Gasteiger partial charge is 0.399 e. The topological polar surface area (TPSA) is 111 Å². The largest absolute Gasteiger partial charge is 0.416 e. The second-order valence-electron chi connectivity index (χ2n) is 9.99. The first-order valence-corrected chi connectivity index (χ1v) is 12.6. The second-order valence-corrected chi connectivity index (χ2v) is 9.99. The average molecular weight is 542 g/mol. The molecule has 1 aliphatic rings. The molecule has 5 rings (SSSR count). The Hall–Kier alpha value is -3.93. The molecule has 1 fully saturated rings. The normalized spacial score (nSPS) is 16.5. The highest BCUT2D eigenvalue weighted by atomic mass is 19.4. The third-order valence-corrected chi connectivity index (χ3v) is 7.49. The van der Waals surface area contributed by atoms with Crippen molar-refractivity contribution in [2.75, 3.05) is 31.2 Å². The Balaban J connectivity index is 1.62. The Morgan fingerprint density at radius 3 is 2.51 bits per heavy atom. The van der Waals surface area contributed by atoms with E-state index in [1.54, 1.807) is 39.0 Å².